The summed E-state index contributed by atoms with van der Waals surface area (Å²) < 4.78 is 26.1. The topological polar surface area (TPSA) is 133 Å². The third kappa shape index (κ3) is 3.16. The third-order valence-corrected chi connectivity index (χ3v) is 4.79. The van der Waals surface area contributed by atoms with E-state index in [-0.39, 0.29) is 22.2 Å². The third-order valence-electron chi connectivity index (χ3n) is 2.85. The summed E-state index contributed by atoms with van der Waals surface area (Å²) in [6.45, 7) is -0.906. The average Bonchev–Trinajstić information content (AvgIpc) is 2.73. The van der Waals surface area contributed by atoms with Crippen LogP contribution in [0.5, 0.6) is 0 Å². The van der Waals surface area contributed by atoms with E-state index in [1.807, 2.05) is 4.72 Å². The zero-order valence-corrected chi connectivity index (χ0v) is 12.0. The summed E-state index contributed by atoms with van der Waals surface area (Å²) in [6, 6.07) is 0.804. The summed E-state index contributed by atoms with van der Waals surface area (Å²) in [5, 5.41) is 20.0. The number of sulfonamides is 1. The Morgan fingerprint density at radius 1 is 1.48 bits per heavy atom. The molecule has 21 heavy (non-hydrogen) atoms. The van der Waals surface area contributed by atoms with E-state index >= 15 is 0 Å². The highest BCUT2D eigenvalue weighted by Crippen LogP contribution is 2.32. The van der Waals surface area contributed by atoms with Gasteiger partial charge in [0.05, 0.1) is 18.1 Å². The lowest BCUT2D eigenvalue weighted by Crippen LogP contribution is -2.43. The van der Waals surface area contributed by atoms with E-state index in [1.54, 1.807) is 0 Å². The number of halogens is 1. The number of carboxylic acids is 1. The van der Waals surface area contributed by atoms with Gasteiger partial charge < -0.3 is 15.5 Å². The van der Waals surface area contributed by atoms with E-state index in [9.17, 15) is 18.0 Å². The van der Waals surface area contributed by atoms with Crippen LogP contribution in [-0.4, -0.2) is 43.2 Å². The molecule has 0 fully saturated rings. The molecule has 0 unspecified atom stereocenters. The molecular weight excluding hydrogens is 324 g/mol. The number of aliphatic hydroxyl groups is 1. The van der Waals surface area contributed by atoms with Crippen molar-refractivity contribution in [3.05, 3.63) is 22.7 Å². The Hall–Kier alpha value is -1.68. The quantitative estimate of drug-likeness (QED) is 0.577. The number of aliphatic carboxylic acids is 1. The summed E-state index contributed by atoms with van der Waals surface area (Å²) in [5.74, 6) is -1.81. The Labute approximate surface area is 124 Å². The second-order valence-corrected chi connectivity index (χ2v) is 6.45. The zero-order valence-electron chi connectivity index (χ0n) is 10.5. The molecule has 114 valence electrons. The zero-order chi connectivity index (χ0) is 15.8. The predicted octanol–water partition coefficient (Wildman–Crippen LogP) is -0.442. The van der Waals surface area contributed by atoms with E-state index in [1.165, 1.54) is 12.1 Å². The van der Waals surface area contributed by atoms with Gasteiger partial charge in [-0.1, -0.05) is 11.6 Å². The number of carboxylic acid groups (broad SMARTS) is 1. The largest absolute Gasteiger partial charge is 0.480 e. The van der Waals surface area contributed by atoms with Gasteiger partial charge in [0, 0.05) is 5.69 Å². The molecule has 2 rings (SSSR count). The monoisotopic (exact) mass is 334 g/mol. The molecule has 1 amide bonds. The first-order chi connectivity index (χ1) is 9.74. The van der Waals surface area contributed by atoms with Gasteiger partial charge in [-0.25, -0.2) is 8.42 Å². The number of benzene rings is 1. The molecule has 0 aliphatic carbocycles. The second-order valence-electron chi connectivity index (χ2n) is 4.36. The molecule has 0 saturated carbocycles. The van der Waals surface area contributed by atoms with Crippen molar-refractivity contribution in [3.8, 4) is 0 Å². The molecule has 4 N–H and O–H groups in total. The smallest absolute Gasteiger partial charge is 0.324 e. The summed E-state index contributed by atoms with van der Waals surface area (Å²) in [5.41, 5.74) is 0.863. The van der Waals surface area contributed by atoms with Crippen LogP contribution in [0.2, 0.25) is 5.02 Å². The van der Waals surface area contributed by atoms with E-state index in [2.05, 4.69) is 5.32 Å². The van der Waals surface area contributed by atoms with Crippen LogP contribution >= 0.6 is 11.6 Å². The molecule has 10 heteroatoms. The number of hydrogen-bond donors (Lipinski definition) is 4. The highest BCUT2D eigenvalue weighted by Gasteiger charge is 2.29. The van der Waals surface area contributed by atoms with Crippen LogP contribution in [-0.2, 0) is 26.0 Å². The number of aliphatic hydroxyl groups excluding tert-OH is 1. The van der Waals surface area contributed by atoms with Crippen molar-refractivity contribution < 1.29 is 28.2 Å². The number of anilines is 1. The van der Waals surface area contributed by atoms with Gasteiger partial charge in [-0.05, 0) is 17.7 Å². The Bertz CT molecular complexity index is 718. The van der Waals surface area contributed by atoms with Gasteiger partial charge in [0.25, 0.3) is 0 Å². The number of carbonyl (C=O) groups is 2. The number of fused-ring (bicyclic) bond motifs is 1. The van der Waals surface area contributed by atoms with Crippen molar-refractivity contribution in [1.82, 2.24) is 4.72 Å². The first-order valence-corrected chi connectivity index (χ1v) is 7.59. The van der Waals surface area contributed by atoms with Crippen molar-refractivity contribution in [2.75, 3.05) is 11.9 Å². The molecule has 0 bridgehead atoms. The summed E-state index contributed by atoms with van der Waals surface area (Å²) in [7, 11) is -4.25. The maximum Gasteiger partial charge on any atom is 0.324 e. The maximum absolute atomic E-state index is 12.1. The fourth-order valence-electron chi connectivity index (χ4n) is 1.85. The highest BCUT2D eigenvalue weighted by atomic mass is 35.5. The van der Waals surface area contributed by atoms with Crippen LogP contribution in [0.4, 0.5) is 5.69 Å². The lowest BCUT2D eigenvalue weighted by Gasteiger charge is -2.14. The highest BCUT2D eigenvalue weighted by molar-refractivity contribution is 7.89. The Balaban J connectivity index is 2.39. The van der Waals surface area contributed by atoms with Gasteiger partial charge >= 0.3 is 5.97 Å². The molecule has 8 nitrogen and oxygen atoms in total. The molecule has 0 radical (unpaired) electrons. The summed E-state index contributed by atoms with van der Waals surface area (Å²) in [4.78, 5) is 21.7. The minimum atomic E-state index is -4.25. The second kappa shape index (κ2) is 5.60. The van der Waals surface area contributed by atoms with E-state index in [0.717, 1.165) is 0 Å². The first kappa shape index (κ1) is 15.7. The van der Waals surface area contributed by atoms with Crippen molar-refractivity contribution in [3.63, 3.8) is 0 Å². The van der Waals surface area contributed by atoms with Crippen molar-refractivity contribution >= 4 is 39.2 Å². The Morgan fingerprint density at radius 3 is 2.71 bits per heavy atom. The molecule has 1 aromatic rings. The Morgan fingerprint density at radius 2 is 2.14 bits per heavy atom. The fraction of sp³-hybridized carbons (Fsp3) is 0.273. The van der Waals surface area contributed by atoms with Crippen LogP contribution in [0.15, 0.2) is 17.0 Å². The standard InChI is InChI=1S/C11H11ClN2O6S/c12-6-3-7-5(2-10(16)13-7)1-9(6)21(19,20)14-8(4-15)11(17)18/h1,3,8,14-15H,2,4H2,(H,13,16)(H,17,18)/t8-/m0/s1. The van der Waals surface area contributed by atoms with Gasteiger partial charge in [0.15, 0.2) is 0 Å². The molecule has 1 heterocycles. The molecular formula is C11H11ClN2O6S. The van der Waals surface area contributed by atoms with E-state index in [4.69, 9.17) is 21.8 Å². The lowest BCUT2D eigenvalue weighted by atomic mass is 10.2. The van der Waals surface area contributed by atoms with Crippen LogP contribution in [0.25, 0.3) is 0 Å². The number of amides is 1. The van der Waals surface area contributed by atoms with Gasteiger partial charge in [-0.2, -0.15) is 4.72 Å². The van der Waals surface area contributed by atoms with Crippen LogP contribution in [0.3, 0.4) is 0 Å². The number of rotatable bonds is 5. The predicted molar refractivity (Wildman–Crippen MR) is 72.6 cm³/mol. The molecule has 0 saturated heterocycles. The van der Waals surface area contributed by atoms with Gasteiger partial charge in [0.1, 0.15) is 10.9 Å². The average molecular weight is 335 g/mol. The van der Waals surface area contributed by atoms with Crippen LogP contribution in [0, 0.1) is 0 Å². The summed E-state index contributed by atoms with van der Waals surface area (Å²) in [6.07, 6.45) is 0.0113. The van der Waals surface area contributed by atoms with E-state index < -0.39 is 28.6 Å². The Kier molecular flexibility index (Phi) is 4.19. The van der Waals surface area contributed by atoms with Gasteiger partial charge in [-0.15, -0.1) is 0 Å². The molecule has 0 aromatic heterocycles. The normalized spacial score (nSPS) is 15.4. The van der Waals surface area contributed by atoms with Gasteiger partial charge in [-0.3, -0.25) is 9.59 Å². The van der Waals surface area contributed by atoms with E-state index in [0.29, 0.717) is 11.3 Å². The van der Waals surface area contributed by atoms with Gasteiger partial charge in [0.2, 0.25) is 15.9 Å². The molecule has 1 aliphatic heterocycles. The van der Waals surface area contributed by atoms with Crippen molar-refractivity contribution in [2.24, 2.45) is 0 Å². The maximum atomic E-state index is 12.1. The van der Waals surface area contributed by atoms with Crippen molar-refractivity contribution in [2.45, 2.75) is 17.4 Å². The number of hydrogen-bond acceptors (Lipinski definition) is 5. The number of carbonyl (C=O) groups excluding carboxylic acids is 1. The minimum absolute atomic E-state index is 0.0113. The van der Waals surface area contributed by atoms with Crippen LogP contribution < -0.4 is 10.0 Å². The first-order valence-electron chi connectivity index (χ1n) is 5.73. The SMILES string of the molecule is O=C1Cc2cc(S(=O)(=O)N[C@@H](CO)C(=O)O)c(Cl)cc2N1. The molecule has 1 aromatic carbocycles. The minimum Gasteiger partial charge on any atom is -0.480 e. The molecule has 1 atom stereocenters. The van der Waals surface area contributed by atoms with Crippen LogP contribution in [0.1, 0.15) is 5.56 Å². The molecule has 1 aliphatic rings. The summed E-state index contributed by atoms with van der Waals surface area (Å²) >= 11 is 5.87. The number of nitrogens with one attached hydrogen (secondary N) is 2. The lowest BCUT2D eigenvalue weighted by molar-refractivity contribution is -0.139. The molecule has 0 spiro atoms. The van der Waals surface area contributed by atoms with Crippen molar-refractivity contribution in [1.29, 1.82) is 0 Å². The fourth-order valence-corrected chi connectivity index (χ4v) is 3.61.